The van der Waals surface area contributed by atoms with Crippen LogP contribution in [0.15, 0.2) is 18.2 Å². The summed E-state index contributed by atoms with van der Waals surface area (Å²) < 4.78 is 5.71. The molecule has 0 saturated carbocycles. The summed E-state index contributed by atoms with van der Waals surface area (Å²) in [5.41, 5.74) is 1.45. The zero-order valence-electron chi connectivity index (χ0n) is 13.0. The van der Waals surface area contributed by atoms with Crippen molar-refractivity contribution in [2.45, 2.75) is 46.1 Å². The molecular formula is C16H19N3OS. The quantitative estimate of drug-likeness (QED) is 0.854. The topological polar surface area (TPSA) is 58.8 Å². The molecule has 5 heteroatoms. The minimum atomic E-state index is -0.0141. The van der Waals surface area contributed by atoms with E-state index in [4.69, 9.17) is 10.00 Å². The summed E-state index contributed by atoms with van der Waals surface area (Å²) >= 11 is 1.57. The Morgan fingerprint density at radius 1 is 1.24 bits per heavy atom. The zero-order valence-corrected chi connectivity index (χ0v) is 13.8. The Labute approximate surface area is 129 Å². The van der Waals surface area contributed by atoms with Crippen molar-refractivity contribution in [3.8, 4) is 22.4 Å². The largest absolute Gasteiger partial charge is 0.490 e. The molecule has 1 heterocycles. The lowest BCUT2D eigenvalue weighted by atomic mass is 9.98. The van der Waals surface area contributed by atoms with Gasteiger partial charge in [0, 0.05) is 11.0 Å². The predicted molar refractivity (Wildman–Crippen MR) is 84.5 cm³/mol. The Kier molecular flexibility index (Phi) is 4.29. The van der Waals surface area contributed by atoms with Gasteiger partial charge in [0.1, 0.15) is 21.8 Å². The van der Waals surface area contributed by atoms with Gasteiger partial charge in [-0.1, -0.05) is 38.2 Å². The summed E-state index contributed by atoms with van der Waals surface area (Å²) in [6.07, 6.45) is 0.0203. The molecule has 2 aromatic rings. The highest BCUT2D eigenvalue weighted by Gasteiger charge is 2.20. The van der Waals surface area contributed by atoms with Crippen molar-refractivity contribution in [1.82, 2.24) is 10.2 Å². The molecule has 0 spiro atoms. The molecular weight excluding hydrogens is 282 g/mol. The second-order valence-corrected chi connectivity index (χ2v) is 7.13. The van der Waals surface area contributed by atoms with Gasteiger partial charge in [-0.05, 0) is 26.0 Å². The second-order valence-electron chi connectivity index (χ2n) is 6.15. The fourth-order valence-electron chi connectivity index (χ4n) is 1.74. The lowest BCUT2D eigenvalue weighted by Crippen LogP contribution is -2.10. The molecule has 1 aromatic carbocycles. The minimum Gasteiger partial charge on any atom is -0.490 e. The molecule has 0 unspecified atom stereocenters. The van der Waals surface area contributed by atoms with Gasteiger partial charge in [0.15, 0.2) is 0 Å². The van der Waals surface area contributed by atoms with E-state index in [-0.39, 0.29) is 11.5 Å². The predicted octanol–water partition coefficient (Wildman–Crippen LogP) is 4.16. The van der Waals surface area contributed by atoms with Crippen LogP contribution < -0.4 is 4.74 Å². The van der Waals surface area contributed by atoms with Crippen LogP contribution in [0.1, 0.15) is 45.2 Å². The van der Waals surface area contributed by atoms with E-state index in [1.807, 2.05) is 26.0 Å². The van der Waals surface area contributed by atoms with E-state index in [0.717, 1.165) is 15.6 Å². The highest BCUT2D eigenvalue weighted by atomic mass is 32.1. The molecule has 0 N–H and O–H groups in total. The van der Waals surface area contributed by atoms with Crippen LogP contribution in [0.2, 0.25) is 0 Å². The molecule has 21 heavy (non-hydrogen) atoms. The normalized spacial score (nSPS) is 11.5. The molecule has 2 rings (SSSR count). The van der Waals surface area contributed by atoms with Crippen LogP contribution >= 0.6 is 11.3 Å². The SMILES string of the molecule is CC(C)Oc1cc(-c2nnc(C(C)(C)C)s2)ccc1C#N. The molecule has 0 atom stereocenters. The van der Waals surface area contributed by atoms with Gasteiger partial charge < -0.3 is 4.74 Å². The van der Waals surface area contributed by atoms with Crippen molar-refractivity contribution < 1.29 is 4.74 Å². The van der Waals surface area contributed by atoms with E-state index < -0.39 is 0 Å². The first-order chi connectivity index (χ1) is 9.81. The number of benzene rings is 1. The first-order valence-corrected chi connectivity index (χ1v) is 7.68. The first-order valence-electron chi connectivity index (χ1n) is 6.86. The average Bonchev–Trinajstić information content (AvgIpc) is 2.87. The maximum atomic E-state index is 9.15. The van der Waals surface area contributed by atoms with Gasteiger partial charge in [0.2, 0.25) is 0 Å². The smallest absolute Gasteiger partial charge is 0.147 e. The standard InChI is InChI=1S/C16H19N3OS/c1-10(2)20-13-8-11(6-7-12(13)9-17)14-18-19-15(21-14)16(3,4)5/h6-8,10H,1-5H3. The van der Waals surface area contributed by atoms with Crippen LogP contribution in [0.25, 0.3) is 10.6 Å². The maximum Gasteiger partial charge on any atom is 0.147 e. The van der Waals surface area contributed by atoms with E-state index in [9.17, 15) is 0 Å². The number of hydrogen-bond donors (Lipinski definition) is 0. The third kappa shape index (κ3) is 3.59. The molecule has 0 saturated heterocycles. The van der Waals surface area contributed by atoms with Gasteiger partial charge >= 0.3 is 0 Å². The van der Waals surface area contributed by atoms with Crippen LogP contribution in [0.3, 0.4) is 0 Å². The van der Waals surface area contributed by atoms with Crippen LogP contribution in [0, 0.1) is 11.3 Å². The van der Waals surface area contributed by atoms with E-state index in [1.54, 1.807) is 17.4 Å². The Hall–Kier alpha value is -1.93. The van der Waals surface area contributed by atoms with E-state index in [1.165, 1.54) is 0 Å². The molecule has 0 aliphatic carbocycles. The van der Waals surface area contributed by atoms with E-state index in [0.29, 0.717) is 11.3 Å². The van der Waals surface area contributed by atoms with Crippen molar-refractivity contribution in [2.24, 2.45) is 0 Å². The summed E-state index contributed by atoms with van der Waals surface area (Å²) in [7, 11) is 0. The van der Waals surface area contributed by atoms with E-state index >= 15 is 0 Å². The number of nitriles is 1. The fraction of sp³-hybridized carbons (Fsp3) is 0.438. The number of ether oxygens (including phenoxy) is 1. The zero-order chi connectivity index (χ0) is 15.6. The van der Waals surface area contributed by atoms with Crippen molar-refractivity contribution in [3.63, 3.8) is 0 Å². The molecule has 4 nitrogen and oxygen atoms in total. The Bertz CT molecular complexity index is 678. The third-order valence-electron chi connectivity index (χ3n) is 2.78. The van der Waals surface area contributed by atoms with Crippen LogP contribution in [-0.4, -0.2) is 16.3 Å². The van der Waals surface area contributed by atoms with Crippen LogP contribution in [0.5, 0.6) is 5.75 Å². The van der Waals surface area contributed by atoms with Crippen molar-refractivity contribution >= 4 is 11.3 Å². The number of nitrogens with zero attached hydrogens (tertiary/aromatic N) is 3. The Morgan fingerprint density at radius 2 is 1.95 bits per heavy atom. The fourth-order valence-corrected chi connectivity index (χ4v) is 2.64. The molecule has 0 radical (unpaired) electrons. The molecule has 0 amide bonds. The summed E-state index contributed by atoms with van der Waals surface area (Å²) in [6, 6.07) is 7.67. The lowest BCUT2D eigenvalue weighted by Gasteiger charge is -2.12. The van der Waals surface area contributed by atoms with Gasteiger partial charge in [-0.25, -0.2) is 0 Å². The van der Waals surface area contributed by atoms with Crippen molar-refractivity contribution in [2.75, 3.05) is 0 Å². The third-order valence-corrected chi connectivity index (χ3v) is 4.18. The summed E-state index contributed by atoms with van der Waals surface area (Å²) in [4.78, 5) is 0. The number of aromatic nitrogens is 2. The lowest BCUT2D eigenvalue weighted by molar-refractivity contribution is 0.242. The Morgan fingerprint density at radius 3 is 2.48 bits per heavy atom. The summed E-state index contributed by atoms with van der Waals surface area (Å²) in [5, 5.41) is 19.5. The first kappa shape index (κ1) is 15.5. The average molecular weight is 301 g/mol. The van der Waals surface area contributed by atoms with E-state index in [2.05, 4.69) is 37.0 Å². The van der Waals surface area contributed by atoms with Gasteiger partial charge in [-0.2, -0.15) is 5.26 Å². The maximum absolute atomic E-state index is 9.15. The van der Waals surface area contributed by atoms with Crippen LogP contribution in [-0.2, 0) is 5.41 Å². The van der Waals surface area contributed by atoms with Gasteiger partial charge in [0.05, 0.1) is 11.7 Å². The molecule has 0 fully saturated rings. The highest BCUT2D eigenvalue weighted by Crippen LogP contribution is 2.33. The second kappa shape index (κ2) is 5.82. The summed E-state index contributed by atoms with van der Waals surface area (Å²) in [6.45, 7) is 10.2. The van der Waals surface area contributed by atoms with Gasteiger partial charge in [-0.15, -0.1) is 10.2 Å². The molecule has 0 aliphatic heterocycles. The number of hydrogen-bond acceptors (Lipinski definition) is 5. The highest BCUT2D eigenvalue weighted by molar-refractivity contribution is 7.14. The van der Waals surface area contributed by atoms with Gasteiger partial charge in [0.25, 0.3) is 0 Å². The molecule has 1 aromatic heterocycles. The van der Waals surface area contributed by atoms with Crippen molar-refractivity contribution in [1.29, 1.82) is 5.26 Å². The van der Waals surface area contributed by atoms with Gasteiger partial charge in [-0.3, -0.25) is 0 Å². The minimum absolute atomic E-state index is 0.0141. The molecule has 0 bridgehead atoms. The monoisotopic (exact) mass is 301 g/mol. The molecule has 110 valence electrons. The Balaban J connectivity index is 2.41. The van der Waals surface area contributed by atoms with Crippen molar-refractivity contribution in [3.05, 3.63) is 28.8 Å². The van der Waals surface area contributed by atoms with Crippen LogP contribution in [0.4, 0.5) is 0 Å². The number of rotatable bonds is 3. The summed E-state index contributed by atoms with van der Waals surface area (Å²) in [5.74, 6) is 0.595. The molecule has 0 aliphatic rings.